The van der Waals surface area contributed by atoms with Crippen molar-refractivity contribution in [1.82, 2.24) is 15.0 Å². The zero-order chi connectivity index (χ0) is 13.2. The molecule has 1 atom stereocenters. The van der Waals surface area contributed by atoms with E-state index in [0.717, 1.165) is 17.1 Å². The molecule has 3 heterocycles. The van der Waals surface area contributed by atoms with Crippen molar-refractivity contribution >= 4 is 5.82 Å². The van der Waals surface area contributed by atoms with E-state index in [1.165, 1.54) is 0 Å². The van der Waals surface area contributed by atoms with Crippen molar-refractivity contribution < 1.29 is 4.39 Å². The van der Waals surface area contributed by atoms with Crippen LogP contribution in [0, 0.1) is 6.92 Å². The molecule has 1 saturated heterocycles. The summed E-state index contributed by atoms with van der Waals surface area (Å²) in [6, 6.07) is 5.66. The zero-order valence-electron chi connectivity index (χ0n) is 10.8. The van der Waals surface area contributed by atoms with Crippen molar-refractivity contribution in [3.05, 3.63) is 36.3 Å². The molecular weight excluding hydrogens is 243 g/mol. The van der Waals surface area contributed by atoms with Gasteiger partial charge in [0.1, 0.15) is 12.0 Å². The van der Waals surface area contributed by atoms with Gasteiger partial charge in [-0.2, -0.15) is 0 Å². The van der Waals surface area contributed by atoms with Crippen LogP contribution in [0.2, 0.25) is 0 Å². The summed E-state index contributed by atoms with van der Waals surface area (Å²) in [5.74, 6) is 1.47. The van der Waals surface area contributed by atoms with Gasteiger partial charge in [0.25, 0.3) is 0 Å². The van der Waals surface area contributed by atoms with Crippen LogP contribution >= 0.6 is 0 Å². The summed E-state index contributed by atoms with van der Waals surface area (Å²) in [6.45, 7) is 3.07. The molecule has 0 aromatic carbocycles. The van der Waals surface area contributed by atoms with Crippen LogP contribution in [-0.4, -0.2) is 34.2 Å². The number of pyridine rings is 1. The van der Waals surface area contributed by atoms with E-state index in [2.05, 4.69) is 15.0 Å². The van der Waals surface area contributed by atoms with E-state index in [1.54, 1.807) is 12.4 Å². The topological polar surface area (TPSA) is 41.9 Å². The molecule has 5 heteroatoms. The lowest BCUT2D eigenvalue weighted by Gasteiger charge is -2.17. The van der Waals surface area contributed by atoms with Crippen LogP contribution in [0.4, 0.5) is 10.2 Å². The minimum absolute atomic E-state index is 0.423. The summed E-state index contributed by atoms with van der Waals surface area (Å²) in [5.41, 5.74) is 1.81. The number of hydrogen-bond donors (Lipinski definition) is 0. The SMILES string of the molecule is Cc1cc(N2CC[C@H](F)C2)nc(-c2ccncc2)n1. The second-order valence-corrected chi connectivity index (χ2v) is 4.76. The Balaban J connectivity index is 1.97. The molecule has 1 aliphatic heterocycles. The molecule has 1 aliphatic rings. The largest absolute Gasteiger partial charge is 0.353 e. The molecule has 0 unspecified atom stereocenters. The lowest BCUT2D eigenvalue weighted by atomic mass is 10.2. The average molecular weight is 258 g/mol. The van der Waals surface area contributed by atoms with Gasteiger partial charge in [0.15, 0.2) is 5.82 Å². The number of aromatic nitrogens is 3. The third-order valence-electron chi connectivity index (χ3n) is 3.23. The molecule has 4 nitrogen and oxygen atoms in total. The molecule has 3 rings (SSSR count). The predicted octanol–water partition coefficient (Wildman–Crippen LogP) is 2.40. The predicted molar refractivity (Wildman–Crippen MR) is 71.7 cm³/mol. The van der Waals surface area contributed by atoms with E-state index >= 15 is 0 Å². The number of aryl methyl sites for hydroxylation is 1. The Bertz CT molecular complexity index is 573. The highest BCUT2D eigenvalue weighted by molar-refractivity contribution is 5.57. The van der Waals surface area contributed by atoms with Gasteiger partial charge in [-0.05, 0) is 25.5 Å². The smallest absolute Gasteiger partial charge is 0.161 e. The standard InChI is InChI=1S/C14H15FN4/c1-10-8-13(19-7-4-12(15)9-19)18-14(17-10)11-2-5-16-6-3-11/h2-3,5-6,8,12H,4,7,9H2,1H3/t12-/m0/s1. The lowest BCUT2D eigenvalue weighted by molar-refractivity contribution is 0.364. The molecule has 0 N–H and O–H groups in total. The van der Waals surface area contributed by atoms with Crippen LogP contribution < -0.4 is 4.90 Å². The quantitative estimate of drug-likeness (QED) is 0.829. The van der Waals surface area contributed by atoms with Crippen LogP contribution in [0.5, 0.6) is 0 Å². The third-order valence-corrected chi connectivity index (χ3v) is 3.23. The van der Waals surface area contributed by atoms with Crippen LogP contribution in [-0.2, 0) is 0 Å². The number of halogens is 1. The van der Waals surface area contributed by atoms with Crippen LogP contribution in [0.3, 0.4) is 0 Å². The number of rotatable bonds is 2. The van der Waals surface area contributed by atoms with Gasteiger partial charge in [0.2, 0.25) is 0 Å². The van der Waals surface area contributed by atoms with E-state index < -0.39 is 6.17 Å². The summed E-state index contributed by atoms with van der Waals surface area (Å²) < 4.78 is 13.3. The first-order valence-electron chi connectivity index (χ1n) is 6.37. The maximum absolute atomic E-state index is 13.3. The van der Waals surface area contributed by atoms with Crippen molar-refractivity contribution in [3.63, 3.8) is 0 Å². The van der Waals surface area contributed by atoms with Crippen LogP contribution in [0.1, 0.15) is 12.1 Å². The van der Waals surface area contributed by atoms with E-state index in [9.17, 15) is 4.39 Å². The Morgan fingerprint density at radius 1 is 1.26 bits per heavy atom. The second-order valence-electron chi connectivity index (χ2n) is 4.76. The van der Waals surface area contributed by atoms with Crippen molar-refractivity contribution in [1.29, 1.82) is 0 Å². The highest BCUT2D eigenvalue weighted by Gasteiger charge is 2.23. The van der Waals surface area contributed by atoms with Crippen molar-refractivity contribution in [3.8, 4) is 11.4 Å². The van der Waals surface area contributed by atoms with Crippen molar-refractivity contribution in [2.45, 2.75) is 19.5 Å². The summed E-state index contributed by atoms with van der Waals surface area (Å²) in [5, 5.41) is 0. The molecule has 1 fully saturated rings. The maximum atomic E-state index is 13.3. The molecule has 0 saturated carbocycles. The van der Waals surface area contributed by atoms with E-state index in [-0.39, 0.29) is 0 Å². The normalized spacial score (nSPS) is 18.8. The molecule has 2 aromatic heterocycles. The summed E-state index contributed by atoms with van der Waals surface area (Å²) in [4.78, 5) is 14.9. The second kappa shape index (κ2) is 4.91. The van der Waals surface area contributed by atoms with Crippen LogP contribution in [0.15, 0.2) is 30.6 Å². The molecule has 98 valence electrons. The molecule has 0 aliphatic carbocycles. The molecule has 0 bridgehead atoms. The summed E-state index contributed by atoms with van der Waals surface area (Å²) in [6.07, 6.45) is 3.26. The van der Waals surface area contributed by atoms with Gasteiger partial charge in [0.05, 0.1) is 6.54 Å². The van der Waals surface area contributed by atoms with E-state index in [4.69, 9.17) is 0 Å². The molecule has 0 spiro atoms. The molecular formula is C14H15FN4. The van der Waals surface area contributed by atoms with Gasteiger partial charge in [-0.1, -0.05) is 0 Å². The Morgan fingerprint density at radius 3 is 2.74 bits per heavy atom. The van der Waals surface area contributed by atoms with Gasteiger partial charge in [0, 0.05) is 36.3 Å². The fraction of sp³-hybridized carbons (Fsp3) is 0.357. The maximum Gasteiger partial charge on any atom is 0.161 e. The number of alkyl halides is 1. The number of nitrogens with zero attached hydrogens (tertiary/aromatic N) is 4. The monoisotopic (exact) mass is 258 g/mol. The summed E-state index contributed by atoms with van der Waals surface area (Å²) >= 11 is 0. The minimum atomic E-state index is -0.750. The van der Waals surface area contributed by atoms with Crippen LogP contribution in [0.25, 0.3) is 11.4 Å². The van der Waals surface area contributed by atoms with Gasteiger partial charge in [-0.3, -0.25) is 4.98 Å². The molecule has 2 aromatic rings. The molecule has 0 radical (unpaired) electrons. The van der Waals surface area contributed by atoms with Gasteiger partial charge in [-0.25, -0.2) is 14.4 Å². The first-order chi connectivity index (χ1) is 9.22. The van der Waals surface area contributed by atoms with Gasteiger partial charge >= 0.3 is 0 Å². The Hall–Kier alpha value is -2.04. The number of hydrogen-bond acceptors (Lipinski definition) is 4. The highest BCUT2D eigenvalue weighted by atomic mass is 19.1. The van der Waals surface area contributed by atoms with Crippen molar-refractivity contribution in [2.75, 3.05) is 18.0 Å². The first-order valence-corrected chi connectivity index (χ1v) is 6.37. The zero-order valence-corrected chi connectivity index (χ0v) is 10.8. The Kier molecular flexibility index (Phi) is 3.11. The Morgan fingerprint density at radius 2 is 2.05 bits per heavy atom. The summed E-state index contributed by atoms with van der Waals surface area (Å²) in [7, 11) is 0. The third kappa shape index (κ3) is 2.54. The van der Waals surface area contributed by atoms with Gasteiger partial charge in [-0.15, -0.1) is 0 Å². The van der Waals surface area contributed by atoms with Crippen molar-refractivity contribution in [2.24, 2.45) is 0 Å². The number of anilines is 1. The highest BCUT2D eigenvalue weighted by Crippen LogP contribution is 2.23. The van der Waals surface area contributed by atoms with E-state index in [0.29, 0.717) is 25.3 Å². The van der Waals surface area contributed by atoms with Gasteiger partial charge < -0.3 is 4.90 Å². The fourth-order valence-electron chi connectivity index (χ4n) is 2.27. The minimum Gasteiger partial charge on any atom is -0.353 e. The Labute approximate surface area is 111 Å². The molecule has 0 amide bonds. The fourth-order valence-corrected chi connectivity index (χ4v) is 2.27. The van der Waals surface area contributed by atoms with E-state index in [1.807, 2.05) is 30.0 Å². The molecule has 19 heavy (non-hydrogen) atoms. The first kappa shape index (κ1) is 12.0. The average Bonchev–Trinajstić information content (AvgIpc) is 2.86. The lowest BCUT2D eigenvalue weighted by Crippen LogP contribution is -2.21.